The number of rotatable bonds is 4. The lowest BCUT2D eigenvalue weighted by Gasteiger charge is -2.37. The molecule has 0 aliphatic carbocycles. The van der Waals surface area contributed by atoms with Gasteiger partial charge in [0.15, 0.2) is 0 Å². The number of piperidine rings is 1. The highest BCUT2D eigenvalue weighted by Crippen LogP contribution is 2.30. The van der Waals surface area contributed by atoms with Crippen LogP contribution < -0.4 is 5.32 Å². The maximum Gasteiger partial charge on any atom is 0.416 e. The highest BCUT2D eigenvalue weighted by molar-refractivity contribution is 5.88. The zero-order valence-electron chi connectivity index (χ0n) is 15.4. The molecule has 2 saturated heterocycles. The van der Waals surface area contributed by atoms with Gasteiger partial charge in [0.1, 0.15) is 0 Å². The van der Waals surface area contributed by atoms with E-state index in [1.807, 2.05) is 0 Å². The molecule has 154 valence electrons. The van der Waals surface area contributed by atoms with Crippen molar-refractivity contribution in [3.63, 3.8) is 0 Å². The predicted molar refractivity (Wildman–Crippen MR) is 95.1 cm³/mol. The number of nitrogens with one attached hydrogen (secondary N) is 1. The first-order valence-electron chi connectivity index (χ1n) is 9.38. The molecule has 0 unspecified atom stereocenters. The van der Waals surface area contributed by atoms with E-state index in [1.165, 1.54) is 6.07 Å². The number of benzene rings is 1. The molecule has 0 bridgehead atoms. The van der Waals surface area contributed by atoms with Gasteiger partial charge in [-0.1, -0.05) is 18.2 Å². The Morgan fingerprint density at radius 3 is 2.61 bits per heavy atom. The summed E-state index contributed by atoms with van der Waals surface area (Å²) in [5.41, 5.74) is -0.283. The van der Waals surface area contributed by atoms with E-state index >= 15 is 0 Å². The van der Waals surface area contributed by atoms with E-state index in [0.717, 1.165) is 12.1 Å². The zero-order valence-corrected chi connectivity index (χ0v) is 15.4. The lowest BCUT2D eigenvalue weighted by molar-refractivity contribution is -0.140. The molecule has 0 saturated carbocycles. The molecule has 2 aliphatic heterocycles. The Morgan fingerprint density at radius 2 is 1.93 bits per heavy atom. The van der Waals surface area contributed by atoms with Crippen LogP contribution in [0.1, 0.15) is 30.4 Å². The third-order valence-electron chi connectivity index (χ3n) is 5.27. The first-order valence-corrected chi connectivity index (χ1v) is 9.38. The summed E-state index contributed by atoms with van der Waals surface area (Å²) in [6.07, 6.45) is -3.84. The normalized spacial score (nSPS) is 22.2. The molecule has 2 aliphatic rings. The van der Waals surface area contributed by atoms with Crippen LogP contribution in [0.5, 0.6) is 0 Å². The van der Waals surface area contributed by atoms with Gasteiger partial charge in [-0.25, -0.2) is 0 Å². The third-order valence-corrected chi connectivity index (χ3v) is 5.27. The SMILES string of the molecule is O=C1NCCN(Cc2cccc(C(F)(F)F)c2)[C@@H]1CC(=O)N1CCC(O)CC1. The van der Waals surface area contributed by atoms with E-state index in [2.05, 4.69) is 5.32 Å². The van der Waals surface area contributed by atoms with Crippen LogP contribution in [-0.4, -0.2) is 65.0 Å². The second-order valence-electron chi connectivity index (χ2n) is 7.29. The van der Waals surface area contributed by atoms with Gasteiger partial charge in [-0.3, -0.25) is 14.5 Å². The fourth-order valence-electron chi connectivity index (χ4n) is 3.66. The van der Waals surface area contributed by atoms with Gasteiger partial charge in [0.05, 0.1) is 24.1 Å². The van der Waals surface area contributed by atoms with Gasteiger partial charge < -0.3 is 15.3 Å². The molecule has 2 amide bonds. The van der Waals surface area contributed by atoms with Crippen molar-refractivity contribution < 1.29 is 27.9 Å². The second kappa shape index (κ2) is 8.48. The highest BCUT2D eigenvalue weighted by Gasteiger charge is 2.34. The van der Waals surface area contributed by atoms with Crippen LogP contribution in [0.4, 0.5) is 13.2 Å². The summed E-state index contributed by atoms with van der Waals surface area (Å²) >= 11 is 0. The molecule has 2 N–H and O–H groups in total. The molecular formula is C19H24F3N3O3. The summed E-state index contributed by atoms with van der Waals surface area (Å²) in [6.45, 7) is 1.90. The molecule has 1 aromatic carbocycles. The van der Waals surface area contributed by atoms with E-state index in [-0.39, 0.29) is 24.8 Å². The Kier molecular flexibility index (Phi) is 6.24. The minimum Gasteiger partial charge on any atom is -0.393 e. The van der Waals surface area contributed by atoms with Crippen LogP contribution >= 0.6 is 0 Å². The number of aliphatic hydroxyl groups is 1. The van der Waals surface area contributed by atoms with Crippen molar-refractivity contribution in [2.24, 2.45) is 0 Å². The molecular weight excluding hydrogens is 375 g/mol. The average molecular weight is 399 g/mol. The number of nitrogens with zero attached hydrogens (tertiary/aromatic N) is 2. The Morgan fingerprint density at radius 1 is 1.21 bits per heavy atom. The maximum atomic E-state index is 12.9. The number of carbonyl (C=O) groups is 2. The molecule has 0 aromatic heterocycles. The summed E-state index contributed by atoms with van der Waals surface area (Å²) in [4.78, 5) is 28.3. The van der Waals surface area contributed by atoms with E-state index in [0.29, 0.717) is 44.6 Å². The van der Waals surface area contributed by atoms with Crippen molar-refractivity contribution in [1.82, 2.24) is 15.1 Å². The Labute approximate surface area is 161 Å². The molecule has 3 rings (SSSR count). The van der Waals surface area contributed by atoms with Crippen molar-refractivity contribution in [1.29, 1.82) is 0 Å². The number of carbonyl (C=O) groups excluding carboxylic acids is 2. The van der Waals surface area contributed by atoms with Gasteiger partial charge in [0, 0.05) is 32.7 Å². The van der Waals surface area contributed by atoms with E-state index in [1.54, 1.807) is 15.9 Å². The number of halogens is 3. The number of amides is 2. The molecule has 2 heterocycles. The van der Waals surface area contributed by atoms with Gasteiger partial charge in [-0.2, -0.15) is 13.2 Å². The number of piperazine rings is 1. The number of aliphatic hydroxyl groups excluding tert-OH is 1. The molecule has 1 atom stereocenters. The predicted octanol–water partition coefficient (Wildman–Crippen LogP) is 1.38. The molecule has 0 spiro atoms. The van der Waals surface area contributed by atoms with Gasteiger partial charge in [0.2, 0.25) is 11.8 Å². The van der Waals surface area contributed by atoms with Gasteiger partial charge >= 0.3 is 6.18 Å². The summed E-state index contributed by atoms with van der Waals surface area (Å²) in [6, 6.07) is 4.31. The molecule has 6 nitrogen and oxygen atoms in total. The molecule has 28 heavy (non-hydrogen) atoms. The topological polar surface area (TPSA) is 72.9 Å². The molecule has 9 heteroatoms. The van der Waals surface area contributed by atoms with E-state index < -0.39 is 23.9 Å². The average Bonchev–Trinajstić information content (AvgIpc) is 2.64. The van der Waals surface area contributed by atoms with E-state index in [4.69, 9.17) is 0 Å². The Balaban J connectivity index is 1.69. The minimum atomic E-state index is -4.43. The van der Waals surface area contributed by atoms with Crippen LogP contribution in [0.15, 0.2) is 24.3 Å². The van der Waals surface area contributed by atoms with Crippen molar-refractivity contribution >= 4 is 11.8 Å². The monoisotopic (exact) mass is 399 g/mol. The maximum absolute atomic E-state index is 12.9. The number of alkyl halides is 3. The summed E-state index contributed by atoms with van der Waals surface area (Å²) in [5.74, 6) is -0.466. The lowest BCUT2D eigenvalue weighted by Crippen LogP contribution is -2.56. The first kappa shape index (κ1) is 20.6. The quantitative estimate of drug-likeness (QED) is 0.803. The number of hydrogen-bond donors (Lipinski definition) is 2. The van der Waals surface area contributed by atoms with Gasteiger partial charge in [-0.15, -0.1) is 0 Å². The zero-order chi connectivity index (χ0) is 20.3. The van der Waals surface area contributed by atoms with Crippen LogP contribution in [-0.2, 0) is 22.3 Å². The van der Waals surface area contributed by atoms with E-state index in [9.17, 15) is 27.9 Å². The summed E-state index contributed by atoms with van der Waals surface area (Å²) in [5, 5.41) is 12.3. The minimum absolute atomic E-state index is 0.0269. The first-order chi connectivity index (χ1) is 13.2. The summed E-state index contributed by atoms with van der Waals surface area (Å²) in [7, 11) is 0. The highest BCUT2D eigenvalue weighted by atomic mass is 19.4. The molecule has 2 fully saturated rings. The fraction of sp³-hybridized carbons (Fsp3) is 0.579. The van der Waals surface area contributed by atoms with Crippen molar-refractivity contribution in [2.45, 2.75) is 44.1 Å². The van der Waals surface area contributed by atoms with Crippen molar-refractivity contribution in [3.8, 4) is 0 Å². The molecule has 0 radical (unpaired) electrons. The number of likely N-dealkylation sites (tertiary alicyclic amines) is 1. The van der Waals surface area contributed by atoms with Gasteiger partial charge in [-0.05, 0) is 24.5 Å². The largest absolute Gasteiger partial charge is 0.416 e. The summed E-state index contributed by atoms with van der Waals surface area (Å²) < 4.78 is 38.8. The lowest BCUT2D eigenvalue weighted by atomic mass is 10.0. The fourth-order valence-corrected chi connectivity index (χ4v) is 3.66. The van der Waals surface area contributed by atoms with Crippen LogP contribution in [0, 0.1) is 0 Å². The number of hydrogen-bond acceptors (Lipinski definition) is 4. The Bertz CT molecular complexity index is 718. The Hall–Kier alpha value is -2.13. The van der Waals surface area contributed by atoms with Crippen LogP contribution in [0.2, 0.25) is 0 Å². The smallest absolute Gasteiger partial charge is 0.393 e. The third kappa shape index (κ3) is 5.02. The van der Waals surface area contributed by atoms with Crippen molar-refractivity contribution in [2.75, 3.05) is 26.2 Å². The van der Waals surface area contributed by atoms with Gasteiger partial charge in [0.25, 0.3) is 0 Å². The standard InChI is InChI=1S/C19H24F3N3O3/c20-19(21,22)14-3-1-2-13(10-14)12-25-9-6-23-18(28)16(25)11-17(27)24-7-4-15(26)5-8-24/h1-3,10,15-16,26H,4-9,11-12H2,(H,23,28)/t16-/m1/s1. The van der Waals surface area contributed by atoms with Crippen LogP contribution in [0.25, 0.3) is 0 Å². The van der Waals surface area contributed by atoms with Crippen LogP contribution in [0.3, 0.4) is 0 Å². The second-order valence-corrected chi connectivity index (χ2v) is 7.29. The van der Waals surface area contributed by atoms with Crippen molar-refractivity contribution in [3.05, 3.63) is 35.4 Å². The molecule has 1 aromatic rings.